The minimum absolute atomic E-state index is 0.113. The molecule has 0 bridgehead atoms. The Bertz CT molecular complexity index is 1340. The molecule has 0 aliphatic heterocycles. The van der Waals surface area contributed by atoms with Crippen LogP contribution in [0.25, 0.3) is 10.9 Å². The maximum atomic E-state index is 13.0. The summed E-state index contributed by atoms with van der Waals surface area (Å²) in [5, 5.41) is 3.56. The van der Waals surface area contributed by atoms with Crippen LogP contribution < -0.4 is 10.1 Å². The van der Waals surface area contributed by atoms with Crippen LogP contribution in [0.15, 0.2) is 78.1 Å². The van der Waals surface area contributed by atoms with Crippen LogP contribution in [0.2, 0.25) is 0 Å². The summed E-state index contributed by atoms with van der Waals surface area (Å²) in [5.41, 5.74) is 2.33. The summed E-state index contributed by atoms with van der Waals surface area (Å²) in [5.74, 6) is 0.410. The van der Waals surface area contributed by atoms with Gasteiger partial charge in [-0.2, -0.15) is 0 Å². The number of benzene rings is 2. The molecule has 0 radical (unpaired) electrons. The van der Waals surface area contributed by atoms with Gasteiger partial charge in [0, 0.05) is 29.0 Å². The zero-order valence-electron chi connectivity index (χ0n) is 16.4. The Hall–Kier alpha value is -3.65. The maximum Gasteiger partial charge on any atom is 0.268 e. The van der Waals surface area contributed by atoms with E-state index in [4.69, 9.17) is 4.74 Å². The number of carbonyl (C=O) groups excluding carboxylic acids is 1. The van der Waals surface area contributed by atoms with Crippen LogP contribution >= 0.6 is 0 Å². The highest BCUT2D eigenvalue weighted by atomic mass is 32.2. The number of pyridine rings is 1. The number of amides is 1. The van der Waals surface area contributed by atoms with Gasteiger partial charge in [0.15, 0.2) is 0 Å². The molecule has 4 aromatic rings. The number of rotatable bonds is 5. The smallest absolute Gasteiger partial charge is 0.268 e. The standard InChI is InChI=1S/C22H19N3O4S/c1-15-13-17(3-8-21(15)29-2)22(26)24-18-4-6-19(7-5-18)30(27,28)25-12-10-16-9-11-23-14-20(16)25/h3-14H,1-2H3,(H,24,26). The largest absolute Gasteiger partial charge is 0.496 e. The Morgan fingerprint density at radius 2 is 1.83 bits per heavy atom. The van der Waals surface area contributed by atoms with Gasteiger partial charge in [-0.1, -0.05) is 0 Å². The van der Waals surface area contributed by atoms with E-state index in [2.05, 4.69) is 10.3 Å². The van der Waals surface area contributed by atoms with Gasteiger partial charge in [0.1, 0.15) is 5.75 Å². The van der Waals surface area contributed by atoms with E-state index in [1.54, 1.807) is 55.8 Å². The fraction of sp³-hybridized carbons (Fsp3) is 0.0909. The molecule has 0 spiro atoms. The first-order valence-corrected chi connectivity index (χ1v) is 10.6. The number of methoxy groups -OCH3 is 1. The molecule has 7 nitrogen and oxygen atoms in total. The second-order valence-corrected chi connectivity index (χ2v) is 8.53. The van der Waals surface area contributed by atoms with Gasteiger partial charge in [-0.15, -0.1) is 0 Å². The molecule has 152 valence electrons. The van der Waals surface area contributed by atoms with Crippen molar-refractivity contribution in [3.63, 3.8) is 0 Å². The summed E-state index contributed by atoms with van der Waals surface area (Å²) < 4.78 is 32.4. The van der Waals surface area contributed by atoms with Crippen LogP contribution in [0.3, 0.4) is 0 Å². The van der Waals surface area contributed by atoms with Gasteiger partial charge < -0.3 is 10.1 Å². The number of aryl methyl sites for hydroxylation is 1. The zero-order valence-corrected chi connectivity index (χ0v) is 17.2. The quantitative estimate of drug-likeness (QED) is 0.529. The topological polar surface area (TPSA) is 90.3 Å². The first-order chi connectivity index (χ1) is 14.4. The normalized spacial score (nSPS) is 11.4. The van der Waals surface area contributed by atoms with Crippen LogP contribution in [-0.2, 0) is 10.0 Å². The summed E-state index contributed by atoms with van der Waals surface area (Å²) in [6, 6.07) is 14.7. The molecule has 1 amide bonds. The van der Waals surface area contributed by atoms with Crippen LogP contribution in [0.5, 0.6) is 5.75 Å². The third-order valence-electron chi connectivity index (χ3n) is 4.79. The number of carbonyl (C=O) groups is 1. The van der Waals surface area contributed by atoms with Crippen molar-refractivity contribution in [1.29, 1.82) is 0 Å². The first kappa shape index (κ1) is 19.7. The van der Waals surface area contributed by atoms with Crippen LogP contribution in [0.1, 0.15) is 15.9 Å². The van der Waals surface area contributed by atoms with E-state index in [0.29, 0.717) is 22.5 Å². The Morgan fingerprint density at radius 1 is 1.07 bits per heavy atom. The first-order valence-electron chi connectivity index (χ1n) is 9.13. The number of hydrogen-bond acceptors (Lipinski definition) is 5. The number of hydrogen-bond donors (Lipinski definition) is 1. The molecule has 0 saturated heterocycles. The highest BCUT2D eigenvalue weighted by Crippen LogP contribution is 2.23. The fourth-order valence-corrected chi connectivity index (χ4v) is 4.55. The molecule has 2 aromatic heterocycles. The summed E-state index contributed by atoms with van der Waals surface area (Å²) in [7, 11) is -2.21. The van der Waals surface area contributed by atoms with Gasteiger partial charge in [-0.25, -0.2) is 12.4 Å². The molecule has 2 heterocycles. The molecule has 0 fully saturated rings. The van der Waals surface area contributed by atoms with Crippen molar-refractivity contribution in [3.8, 4) is 5.75 Å². The van der Waals surface area contributed by atoms with E-state index in [0.717, 1.165) is 10.9 Å². The van der Waals surface area contributed by atoms with E-state index >= 15 is 0 Å². The Labute approximate surface area is 174 Å². The third-order valence-corrected chi connectivity index (χ3v) is 6.49. The number of anilines is 1. The third kappa shape index (κ3) is 3.53. The van der Waals surface area contributed by atoms with Crippen molar-refractivity contribution < 1.29 is 17.9 Å². The van der Waals surface area contributed by atoms with Gasteiger partial charge in [0.05, 0.1) is 23.7 Å². The Balaban J connectivity index is 1.57. The lowest BCUT2D eigenvalue weighted by molar-refractivity contribution is 0.102. The molecule has 2 aromatic carbocycles. The molecule has 8 heteroatoms. The molecule has 0 aliphatic rings. The van der Waals surface area contributed by atoms with Crippen molar-refractivity contribution >= 4 is 32.5 Å². The van der Waals surface area contributed by atoms with Gasteiger partial charge in [0.2, 0.25) is 0 Å². The summed E-state index contributed by atoms with van der Waals surface area (Å²) in [6.45, 7) is 1.86. The Morgan fingerprint density at radius 3 is 2.53 bits per heavy atom. The number of fused-ring (bicyclic) bond motifs is 1. The molecule has 0 aliphatic carbocycles. The van der Waals surface area contributed by atoms with E-state index in [-0.39, 0.29) is 10.8 Å². The molecule has 4 rings (SSSR count). The zero-order chi connectivity index (χ0) is 21.3. The second kappa shape index (κ2) is 7.64. The molecule has 0 unspecified atom stereocenters. The average molecular weight is 421 g/mol. The van der Waals surface area contributed by atoms with Crippen molar-refractivity contribution in [3.05, 3.63) is 84.3 Å². The number of ether oxygens (including phenoxy) is 1. The molecule has 0 saturated carbocycles. The average Bonchev–Trinajstić information content (AvgIpc) is 3.19. The molecule has 1 N–H and O–H groups in total. The SMILES string of the molecule is COc1ccc(C(=O)Nc2ccc(S(=O)(=O)n3ccc4ccncc43)cc2)cc1C. The Kier molecular flexibility index (Phi) is 5.01. The van der Waals surface area contributed by atoms with Gasteiger partial charge in [-0.05, 0) is 67.1 Å². The maximum absolute atomic E-state index is 13.0. The van der Waals surface area contributed by atoms with Gasteiger partial charge in [-0.3, -0.25) is 9.78 Å². The fourth-order valence-electron chi connectivity index (χ4n) is 3.21. The van der Waals surface area contributed by atoms with E-state index < -0.39 is 10.0 Å². The van der Waals surface area contributed by atoms with Gasteiger partial charge in [0.25, 0.3) is 15.9 Å². The van der Waals surface area contributed by atoms with Crippen molar-refractivity contribution in [2.45, 2.75) is 11.8 Å². The summed E-state index contributed by atoms with van der Waals surface area (Å²) in [4.78, 5) is 16.6. The van der Waals surface area contributed by atoms with Gasteiger partial charge >= 0.3 is 0 Å². The number of nitrogens with one attached hydrogen (secondary N) is 1. The summed E-state index contributed by atoms with van der Waals surface area (Å²) in [6.07, 6.45) is 4.63. The van der Waals surface area contributed by atoms with Crippen LogP contribution in [-0.4, -0.2) is 30.4 Å². The minimum atomic E-state index is -3.78. The predicted molar refractivity (Wildman–Crippen MR) is 114 cm³/mol. The molecular formula is C22H19N3O4S. The lowest BCUT2D eigenvalue weighted by Crippen LogP contribution is -2.14. The van der Waals surface area contributed by atoms with E-state index in [1.807, 2.05) is 6.92 Å². The number of nitrogens with zero attached hydrogens (tertiary/aromatic N) is 2. The lowest BCUT2D eigenvalue weighted by atomic mass is 10.1. The van der Waals surface area contributed by atoms with E-state index in [9.17, 15) is 13.2 Å². The predicted octanol–water partition coefficient (Wildman–Crippen LogP) is 3.84. The number of aromatic nitrogens is 2. The minimum Gasteiger partial charge on any atom is -0.496 e. The second-order valence-electron chi connectivity index (χ2n) is 6.71. The van der Waals surface area contributed by atoms with Crippen LogP contribution in [0, 0.1) is 6.92 Å². The van der Waals surface area contributed by atoms with Crippen LogP contribution in [0.4, 0.5) is 5.69 Å². The lowest BCUT2D eigenvalue weighted by Gasteiger charge is -2.10. The summed E-state index contributed by atoms with van der Waals surface area (Å²) >= 11 is 0. The van der Waals surface area contributed by atoms with Crippen molar-refractivity contribution in [2.24, 2.45) is 0 Å². The highest BCUT2D eigenvalue weighted by molar-refractivity contribution is 7.90. The van der Waals surface area contributed by atoms with E-state index in [1.165, 1.54) is 28.5 Å². The molecule has 30 heavy (non-hydrogen) atoms. The van der Waals surface area contributed by atoms with Crippen molar-refractivity contribution in [1.82, 2.24) is 8.96 Å². The highest BCUT2D eigenvalue weighted by Gasteiger charge is 2.19. The molecule has 0 atom stereocenters. The monoisotopic (exact) mass is 421 g/mol. The molecular weight excluding hydrogens is 402 g/mol. The van der Waals surface area contributed by atoms with Crippen molar-refractivity contribution in [2.75, 3.05) is 12.4 Å².